The first-order chi connectivity index (χ1) is 23.3. The molecular weight excluding hydrogens is 663 g/mol. The molecule has 1 fully saturated rings. The number of halogens is 1. The van der Waals surface area contributed by atoms with Gasteiger partial charge >= 0.3 is 23.9 Å². The average molecular weight is 715 g/mol. The van der Waals surface area contributed by atoms with Gasteiger partial charge in [-0.15, -0.1) is 5.54 Å². The maximum absolute atomic E-state index is 17.9. The van der Waals surface area contributed by atoms with Crippen molar-refractivity contribution < 1.29 is 52.4 Å². The number of ether oxygens (including phenoxy) is 5. The molecule has 1 aliphatic carbocycles. The predicted octanol–water partition coefficient (Wildman–Crippen LogP) is 6.03. The maximum atomic E-state index is 17.9. The zero-order valence-corrected chi connectivity index (χ0v) is 31.7. The lowest BCUT2D eigenvalue weighted by atomic mass is 9.76. The fourth-order valence-electron chi connectivity index (χ4n) is 7.42. The number of hydrogen-bond acceptors (Lipinski definition) is 10. The smallest absolute Gasteiger partial charge is 0.303 e. The first kappa shape index (κ1) is 40.6. The molecule has 1 saturated heterocycles. The van der Waals surface area contributed by atoms with E-state index in [1.807, 2.05) is 18.2 Å². The van der Waals surface area contributed by atoms with E-state index in [1.165, 1.54) is 18.2 Å². The average Bonchev–Trinajstić information content (AvgIpc) is 3.00. The molecule has 1 heterocycles. The van der Waals surface area contributed by atoms with Crippen LogP contribution in [-0.4, -0.2) is 79.5 Å². The van der Waals surface area contributed by atoms with Crippen LogP contribution in [0.4, 0.5) is 4.39 Å². The van der Waals surface area contributed by atoms with Gasteiger partial charge in [0.15, 0.2) is 17.9 Å². The van der Waals surface area contributed by atoms with Crippen LogP contribution >= 0.6 is 0 Å². The molecule has 0 amide bonds. The highest BCUT2D eigenvalue weighted by molar-refractivity contribution is 6.90. The van der Waals surface area contributed by atoms with Crippen molar-refractivity contribution in [1.29, 1.82) is 0 Å². The second-order valence-electron chi connectivity index (χ2n) is 14.0. The van der Waals surface area contributed by atoms with E-state index < -0.39 is 80.3 Å². The van der Waals surface area contributed by atoms with Crippen LogP contribution in [0.15, 0.2) is 54.1 Å². The topological polar surface area (TPSA) is 135 Å². The van der Waals surface area contributed by atoms with Crippen LogP contribution < -0.4 is 0 Å². The van der Waals surface area contributed by atoms with E-state index in [9.17, 15) is 24.3 Å². The third kappa shape index (κ3) is 8.92. The lowest BCUT2D eigenvalue weighted by Gasteiger charge is -2.49. The number of rotatable bonds is 11. The number of allylic oxidation sites excluding steroid dienone is 2. The van der Waals surface area contributed by atoms with Gasteiger partial charge in [0.1, 0.15) is 20.8 Å². The molecule has 0 aromatic heterocycles. The third-order valence-electron chi connectivity index (χ3n) is 9.50. The highest BCUT2D eigenvalue weighted by Crippen LogP contribution is 2.46. The highest BCUT2D eigenvalue weighted by Gasteiger charge is 2.61. The fourth-order valence-corrected chi connectivity index (χ4v) is 12.7. The molecule has 1 aromatic rings. The Kier molecular flexibility index (Phi) is 13.4. The molecule has 50 heavy (non-hydrogen) atoms. The number of esters is 4. The molecule has 0 spiro atoms. The number of carbonyl (C=O) groups excluding carboxylic acids is 4. The fraction of sp³-hybridized carbons (Fsp3) is 0.579. The van der Waals surface area contributed by atoms with Crippen LogP contribution in [0.1, 0.15) is 87.1 Å². The summed E-state index contributed by atoms with van der Waals surface area (Å²) in [7, 11) is -2.32. The quantitative estimate of drug-likeness (QED) is 0.125. The van der Waals surface area contributed by atoms with E-state index in [2.05, 4.69) is 53.0 Å². The van der Waals surface area contributed by atoms with E-state index in [0.29, 0.717) is 5.56 Å². The molecule has 1 N–H and O–H groups in total. The van der Waals surface area contributed by atoms with Gasteiger partial charge < -0.3 is 28.8 Å². The minimum atomic E-state index is -2.68. The lowest BCUT2D eigenvalue weighted by molar-refractivity contribution is -0.335. The summed E-state index contributed by atoms with van der Waals surface area (Å²) in [4.78, 5) is 48.8. The Morgan fingerprint density at radius 1 is 0.880 bits per heavy atom. The monoisotopic (exact) mass is 714 g/mol. The van der Waals surface area contributed by atoms with Gasteiger partial charge in [0.2, 0.25) is 11.9 Å². The first-order valence-corrected chi connectivity index (χ1v) is 19.2. The molecular formula is C38H51FO10Si. The van der Waals surface area contributed by atoms with Gasteiger partial charge in [0.25, 0.3) is 0 Å². The maximum Gasteiger partial charge on any atom is 0.303 e. The summed E-state index contributed by atoms with van der Waals surface area (Å²) in [6, 6.07) is 9.05. The van der Waals surface area contributed by atoms with Crippen molar-refractivity contribution in [3.05, 3.63) is 59.7 Å². The van der Waals surface area contributed by atoms with Gasteiger partial charge in [0.05, 0.1) is 5.92 Å². The summed E-state index contributed by atoms with van der Waals surface area (Å²) in [5.41, 5.74) is 2.78. The van der Waals surface area contributed by atoms with E-state index in [0.717, 1.165) is 27.7 Å². The summed E-state index contributed by atoms with van der Waals surface area (Å²) in [5.74, 6) is -3.57. The molecule has 274 valence electrons. The molecule has 7 atom stereocenters. The van der Waals surface area contributed by atoms with Gasteiger partial charge in [-0.1, -0.05) is 89.9 Å². The molecule has 2 unspecified atom stereocenters. The van der Waals surface area contributed by atoms with Crippen molar-refractivity contribution in [2.24, 2.45) is 0 Å². The summed E-state index contributed by atoms with van der Waals surface area (Å²) in [6.07, 6.45) is -2.37. The SMILES string of the molecule is CC(=O)OC[C@H]1O[C@](O)(C2=CC(F)(C(C#C[Si](C(C)C)(C(C)C)C(C)C)c3ccccc3)CC=C2)[C@H](OC(C)=O)[C@@H](OC(C)=O)[C@@H]1OC(C)=O. The van der Waals surface area contributed by atoms with Crippen molar-refractivity contribution in [2.75, 3.05) is 6.61 Å². The summed E-state index contributed by atoms with van der Waals surface area (Å²) < 4.78 is 45.6. The van der Waals surface area contributed by atoms with Gasteiger partial charge in [-0.2, -0.15) is 0 Å². The Balaban J connectivity index is 2.30. The molecule has 0 radical (unpaired) electrons. The van der Waals surface area contributed by atoms with Gasteiger partial charge in [0, 0.05) is 39.7 Å². The van der Waals surface area contributed by atoms with Crippen LogP contribution in [0, 0.1) is 11.5 Å². The van der Waals surface area contributed by atoms with Crippen LogP contribution in [-0.2, 0) is 42.9 Å². The molecule has 1 aromatic carbocycles. The van der Waals surface area contributed by atoms with Crippen molar-refractivity contribution in [3.63, 3.8) is 0 Å². The van der Waals surface area contributed by atoms with E-state index in [1.54, 1.807) is 12.1 Å². The second-order valence-corrected chi connectivity index (χ2v) is 19.6. The van der Waals surface area contributed by atoms with Crippen molar-refractivity contribution >= 4 is 32.0 Å². The Morgan fingerprint density at radius 2 is 1.42 bits per heavy atom. The molecule has 0 saturated carbocycles. The van der Waals surface area contributed by atoms with Crippen LogP contribution in [0.3, 0.4) is 0 Å². The third-order valence-corrected chi connectivity index (χ3v) is 15.8. The normalized spacial score (nSPS) is 27.1. The lowest BCUT2D eigenvalue weighted by Crippen LogP contribution is -2.68. The first-order valence-electron chi connectivity index (χ1n) is 17.0. The molecule has 2 aliphatic rings. The van der Waals surface area contributed by atoms with Gasteiger partial charge in [-0.3, -0.25) is 19.2 Å². The zero-order valence-electron chi connectivity index (χ0n) is 30.7. The van der Waals surface area contributed by atoms with Crippen LogP contribution in [0.5, 0.6) is 0 Å². The summed E-state index contributed by atoms with van der Waals surface area (Å²) in [5, 5.41) is 12.5. The van der Waals surface area contributed by atoms with E-state index in [-0.39, 0.29) is 28.6 Å². The zero-order chi connectivity index (χ0) is 37.6. The van der Waals surface area contributed by atoms with Crippen molar-refractivity contribution in [3.8, 4) is 11.5 Å². The van der Waals surface area contributed by atoms with Gasteiger partial charge in [-0.05, 0) is 28.3 Å². The van der Waals surface area contributed by atoms with E-state index >= 15 is 4.39 Å². The minimum absolute atomic E-state index is 0.112. The number of benzene rings is 1. The Morgan fingerprint density at radius 3 is 1.92 bits per heavy atom. The molecule has 1 aliphatic heterocycles. The predicted molar refractivity (Wildman–Crippen MR) is 187 cm³/mol. The molecule has 3 rings (SSSR count). The summed E-state index contributed by atoms with van der Waals surface area (Å²) >= 11 is 0. The second kappa shape index (κ2) is 16.5. The number of carbonyl (C=O) groups is 4. The number of alkyl halides is 1. The molecule has 0 bridgehead atoms. The Bertz CT molecular complexity index is 1500. The summed E-state index contributed by atoms with van der Waals surface area (Å²) in [6.45, 7) is 16.9. The number of aliphatic hydroxyl groups is 1. The van der Waals surface area contributed by atoms with Crippen LogP contribution in [0.25, 0.3) is 0 Å². The Hall–Kier alpha value is -3.79. The van der Waals surface area contributed by atoms with Gasteiger partial charge in [-0.25, -0.2) is 4.39 Å². The highest BCUT2D eigenvalue weighted by atomic mass is 28.3. The van der Waals surface area contributed by atoms with Crippen molar-refractivity contribution in [1.82, 2.24) is 0 Å². The Labute approximate surface area is 295 Å². The van der Waals surface area contributed by atoms with Crippen molar-refractivity contribution in [2.45, 2.75) is 134 Å². The largest absolute Gasteiger partial charge is 0.463 e. The minimum Gasteiger partial charge on any atom is -0.463 e. The molecule has 12 heteroatoms. The standard InChI is InChI=1S/C38H51FO10Si/c1-23(2)50(24(3)4,25(5)6)20-18-32(30-15-12-11-13-16-30)37(39)19-14-17-31(21-37)38(44)36(48-29(10)43)35(47-28(9)42)34(46-27(8)41)33(49-38)22-45-26(7)40/h11-17,21,23-25,32-36,44H,19,22H2,1-10H3/t32?,33-,34-,35+,36-,37?,38-/m1/s1. The number of hydrogen-bond donors (Lipinski definition) is 1. The van der Waals surface area contributed by atoms with E-state index in [4.69, 9.17) is 23.7 Å². The molecule has 10 nitrogen and oxygen atoms in total. The van der Waals surface area contributed by atoms with Crippen LogP contribution in [0.2, 0.25) is 16.6 Å².